The molecule has 6 heteroatoms. The minimum atomic E-state index is -0.245. The Morgan fingerprint density at radius 2 is 1.63 bits per heavy atom. The van der Waals surface area contributed by atoms with Crippen molar-refractivity contribution in [2.24, 2.45) is 5.10 Å². The number of anilines is 1. The Labute approximate surface area is 156 Å². The number of hydrogen-bond acceptors (Lipinski definition) is 5. The normalized spacial score (nSPS) is 11.5. The third kappa shape index (κ3) is 3.46. The number of benzene rings is 3. The molecule has 0 unspecified atom stereocenters. The molecule has 0 saturated heterocycles. The molecule has 1 N–H and O–H groups in total. The smallest absolute Gasteiger partial charge is 0.232 e. The summed E-state index contributed by atoms with van der Waals surface area (Å²) in [6, 6.07) is 24.2. The van der Waals surface area contributed by atoms with Gasteiger partial charge < -0.3 is 0 Å². The molecular weight excluding hydrogens is 338 g/mol. The molecule has 0 spiro atoms. The Hall–Kier alpha value is -3.80. The van der Waals surface area contributed by atoms with Gasteiger partial charge >= 0.3 is 0 Å². The molecule has 0 aliphatic heterocycles. The van der Waals surface area contributed by atoms with Crippen LogP contribution in [-0.4, -0.2) is 26.6 Å². The minimum Gasteiger partial charge on any atom is -0.285 e. The third-order valence-electron chi connectivity index (χ3n) is 4.13. The highest BCUT2D eigenvalue weighted by molar-refractivity contribution is 6.46. The predicted molar refractivity (Wildman–Crippen MR) is 106 cm³/mol. The maximum atomic E-state index is 13.1. The van der Waals surface area contributed by atoms with Gasteiger partial charge in [0.1, 0.15) is 5.52 Å². The second-order valence-corrected chi connectivity index (χ2v) is 6.10. The summed E-state index contributed by atoms with van der Waals surface area (Å²) in [6.45, 7) is 2.01. The quantitative estimate of drug-likeness (QED) is 0.261. The van der Waals surface area contributed by atoms with E-state index in [2.05, 4.69) is 20.8 Å². The van der Waals surface area contributed by atoms with E-state index in [0.717, 1.165) is 11.3 Å². The number of aryl methyl sites for hydroxylation is 1. The van der Waals surface area contributed by atoms with Crippen LogP contribution in [0.15, 0.2) is 84.0 Å². The van der Waals surface area contributed by atoms with Gasteiger partial charge in [-0.25, -0.2) is 0 Å². The van der Waals surface area contributed by atoms with Crippen LogP contribution in [-0.2, 0) is 0 Å². The molecule has 0 saturated carbocycles. The average molecular weight is 355 g/mol. The van der Waals surface area contributed by atoms with Gasteiger partial charge in [-0.3, -0.25) is 10.2 Å². The monoisotopic (exact) mass is 355 g/mol. The van der Waals surface area contributed by atoms with Gasteiger partial charge in [-0.1, -0.05) is 65.4 Å². The van der Waals surface area contributed by atoms with Crippen molar-refractivity contribution < 1.29 is 4.79 Å². The molecule has 0 amide bonds. The van der Waals surface area contributed by atoms with Gasteiger partial charge in [0.25, 0.3) is 0 Å². The van der Waals surface area contributed by atoms with Crippen LogP contribution in [0.25, 0.3) is 11.0 Å². The van der Waals surface area contributed by atoms with Crippen LogP contribution in [0.5, 0.6) is 0 Å². The standard InChI is InChI=1S/C21H17N5O/c1-15-11-13-17(14-12-15)22-24-21(20(27)16-7-3-2-4-8-16)26-19-10-6-5-9-18(19)23-25-26/h2-14,22H,1H3/b24-21-. The molecule has 3 aromatic carbocycles. The molecule has 4 rings (SSSR count). The van der Waals surface area contributed by atoms with Crippen molar-refractivity contribution in [1.82, 2.24) is 15.0 Å². The fourth-order valence-corrected chi connectivity index (χ4v) is 2.68. The fraction of sp³-hybridized carbons (Fsp3) is 0.0476. The number of rotatable bonds is 4. The lowest BCUT2D eigenvalue weighted by Crippen LogP contribution is -2.25. The number of Topliss-reactive ketones (excluding diaryl/α,β-unsaturated/α-hetero) is 1. The maximum absolute atomic E-state index is 13.1. The van der Waals surface area contributed by atoms with E-state index in [1.165, 1.54) is 4.68 Å². The Morgan fingerprint density at radius 1 is 0.926 bits per heavy atom. The summed E-state index contributed by atoms with van der Waals surface area (Å²) in [7, 11) is 0. The van der Waals surface area contributed by atoms with Crippen LogP contribution >= 0.6 is 0 Å². The zero-order valence-electron chi connectivity index (χ0n) is 14.7. The highest BCUT2D eigenvalue weighted by Gasteiger charge is 2.20. The number of carbonyl (C=O) groups excluding carboxylic acids is 1. The van der Waals surface area contributed by atoms with E-state index in [-0.39, 0.29) is 11.6 Å². The van der Waals surface area contributed by atoms with Crippen LogP contribution in [0.3, 0.4) is 0 Å². The van der Waals surface area contributed by atoms with E-state index in [4.69, 9.17) is 0 Å². The van der Waals surface area contributed by atoms with Crippen molar-refractivity contribution in [3.05, 3.63) is 90.0 Å². The highest BCUT2D eigenvalue weighted by Crippen LogP contribution is 2.13. The third-order valence-corrected chi connectivity index (χ3v) is 4.13. The number of nitrogens with zero attached hydrogens (tertiary/aromatic N) is 4. The molecule has 0 radical (unpaired) electrons. The van der Waals surface area contributed by atoms with Crippen molar-refractivity contribution in [2.75, 3.05) is 5.43 Å². The summed E-state index contributed by atoms with van der Waals surface area (Å²) < 4.78 is 1.46. The molecule has 4 aromatic rings. The first-order valence-corrected chi connectivity index (χ1v) is 8.53. The van der Waals surface area contributed by atoms with E-state index in [9.17, 15) is 4.79 Å². The Kier molecular flexibility index (Phi) is 4.45. The first kappa shape index (κ1) is 16.7. The van der Waals surface area contributed by atoms with Gasteiger partial charge in [0.2, 0.25) is 11.6 Å². The van der Waals surface area contributed by atoms with Gasteiger partial charge in [-0.05, 0) is 31.2 Å². The molecule has 0 fully saturated rings. The Morgan fingerprint density at radius 3 is 2.41 bits per heavy atom. The van der Waals surface area contributed by atoms with E-state index in [1.54, 1.807) is 12.1 Å². The number of aromatic nitrogens is 3. The maximum Gasteiger partial charge on any atom is 0.232 e. The lowest BCUT2D eigenvalue weighted by Gasteiger charge is -2.08. The number of fused-ring (bicyclic) bond motifs is 1. The summed E-state index contributed by atoms with van der Waals surface area (Å²) in [5.41, 5.74) is 6.82. The number of carbonyl (C=O) groups is 1. The predicted octanol–water partition coefficient (Wildman–Crippen LogP) is 3.90. The summed E-state index contributed by atoms with van der Waals surface area (Å²) >= 11 is 0. The zero-order chi connectivity index (χ0) is 18.6. The van der Waals surface area contributed by atoms with Gasteiger partial charge in [0.15, 0.2) is 0 Å². The lowest BCUT2D eigenvalue weighted by molar-refractivity contribution is 0.106. The van der Waals surface area contributed by atoms with Gasteiger partial charge in [-0.15, -0.1) is 5.10 Å². The number of nitrogens with one attached hydrogen (secondary N) is 1. The van der Waals surface area contributed by atoms with Crippen molar-refractivity contribution in [3.8, 4) is 0 Å². The van der Waals surface area contributed by atoms with Crippen molar-refractivity contribution in [3.63, 3.8) is 0 Å². The zero-order valence-corrected chi connectivity index (χ0v) is 14.7. The first-order valence-electron chi connectivity index (χ1n) is 8.53. The summed E-state index contributed by atoms with van der Waals surface area (Å²) in [5, 5.41) is 12.6. The van der Waals surface area contributed by atoms with Gasteiger partial charge in [-0.2, -0.15) is 9.78 Å². The molecular formula is C21H17N5O. The van der Waals surface area contributed by atoms with E-state index in [1.807, 2.05) is 73.7 Å². The Bertz CT molecular complexity index is 1110. The van der Waals surface area contributed by atoms with Gasteiger partial charge in [0.05, 0.1) is 11.2 Å². The highest BCUT2D eigenvalue weighted by atomic mass is 16.1. The van der Waals surface area contributed by atoms with Crippen LogP contribution in [0, 0.1) is 6.92 Å². The second-order valence-electron chi connectivity index (χ2n) is 6.10. The average Bonchev–Trinajstić information content (AvgIpc) is 3.14. The minimum absolute atomic E-state index is 0.149. The number of hydrogen-bond donors (Lipinski definition) is 1. The Balaban J connectivity index is 1.78. The van der Waals surface area contributed by atoms with E-state index in [0.29, 0.717) is 16.6 Å². The van der Waals surface area contributed by atoms with E-state index >= 15 is 0 Å². The molecule has 0 atom stereocenters. The number of ketones is 1. The van der Waals surface area contributed by atoms with Crippen molar-refractivity contribution >= 4 is 28.3 Å². The molecule has 0 aliphatic rings. The molecule has 1 heterocycles. The van der Waals surface area contributed by atoms with Gasteiger partial charge in [0, 0.05) is 5.56 Å². The summed E-state index contributed by atoms with van der Waals surface area (Å²) in [5.74, 6) is -0.0960. The van der Waals surface area contributed by atoms with Crippen molar-refractivity contribution in [2.45, 2.75) is 6.92 Å². The largest absolute Gasteiger partial charge is 0.285 e. The van der Waals surface area contributed by atoms with Crippen LogP contribution in [0.2, 0.25) is 0 Å². The topological polar surface area (TPSA) is 72.2 Å². The fourth-order valence-electron chi connectivity index (χ4n) is 2.68. The second kappa shape index (κ2) is 7.21. The molecule has 132 valence electrons. The molecule has 0 aliphatic carbocycles. The van der Waals surface area contributed by atoms with Crippen LogP contribution in [0.1, 0.15) is 15.9 Å². The SMILES string of the molecule is Cc1ccc(N/N=C(/C(=O)c2ccccc2)n2nnc3ccccc32)cc1. The van der Waals surface area contributed by atoms with Crippen molar-refractivity contribution in [1.29, 1.82) is 0 Å². The molecule has 27 heavy (non-hydrogen) atoms. The van der Waals surface area contributed by atoms with Crippen LogP contribution < -0.4 is 5.43 Å². The molecule has 6 nitrogen and oxygen atoms in total. The molecule has 1 aromatic heterocycles. The summed E-state index contributed by atoms with van der Waals surface area (Å²) in [4.78, 5) is 13.1. The lowest BCUT2D eigenvalue weighted by atomic mass is 10.1. The van der Waals surface area contributed by atoms with Crippen LogP contribution in [0.4, 0.5) is 5.69 Å². The van der Waals surface area contributed by atoms with E-state index < -0.39 is 0 Å². The summed E-state index contributed by atoms with van der Waals surface area (Å²) in [6.07, 6.45) is 0. The molecule has 0 bridgehead atoms. The first-order chi connectivity index (χ1) is 13.2. The number of para-hydroxylation sites is 1. The number of hydrazone groups is 1.